The molecule has 0 spiro atoms. The third-order valence-electron chi connectivity index (χ3n) is 2.52. The number of hydrogen-bond acceptors (Lipinski definition) is 5. The lowest BCUT2D eigenvalue weighted by Gasteiger charge is -2.09. The molecule has 2 N–H and O–H groups in total. The Morgan fingerprint density at radius 1 is 1.32 bits per heavy atom. The van der Waals surface area contributed by atoms with Gasteiger partial charge in [0, 0.05) is 5.56 Å². The summed E-state index contributed by atoms with van der Waals surface area (Å²) < 4.78 is 5.29. The van der Waals surface area contributed by atoms with Gasteiger partial charge in [-0.05, 0) is 24.5 Å². The van der Waals surface area contributed by atoms with Crippen molar-refractivity contribution in [3.05, 3.63) is 36.0 Å². The van der Waals surface area contributed by atoms with E-state index < -0.39 is 5.91 Å². The second kappa shape index (κ2) is 5.71. The van der Waals surface area contributed by atoms with Crippen molar-refractivity contribution < 1.29 is 9.53 Å². The van der Waals surface area contributed by atoms with E-state index >= 15 is 0 Å². The van der Waals surface area contributed by atoms with E-state index in [9.17, 15) is 4.79 Å². The van der Waals surface area contributed by atoms with Crippen LogP contribution in [0.5, 0.6) is 5.75 Å². The number of aromatic nitrogens is 2. The largest absolute Gasteiger partial charge is 0.496 e. The molecule has 1 amide bonds. The maximum atomic E-state index is 11.3. The molecule has 0 aliphatic carbocycles. The summed E-state index contributed by atoms with van der Waals surface area (Å²) in [4.78, 5) is 19.7. The number of para-hydroxylation sites is 1. The molecule has 2 aromatic rings. The highest BCUT2D eigenvalue weighted by molar-refractivity contribution is 7.98. The highest BCUT2D eigenvalue weighted by Crippen LogP contribution is 2.29. The maximum Gasteiger partial charge on any atom is 0.267 e. The maximum absolute atomic E-state index is 11.3. The van der Waals surface area contributed by atoms with Crippen LogP contribution in [0.15, 0.2) is 35.5 Å². The standard InChI is InChI=1S/C13H13N3O2S/c1-18-11-6-4-3-5-8(11)9-7-10(12(14)17)16-13(15-9)19-2/h3-7H,1-2H3,(H2,14,17). The van der Waals surface area contributed by atoms with Gasteiger partial charge in [-0.25, -0.2) is 9.97 Å². The molecule has 6 heteroatoms. The zero-order valence-electron chi connectivity index (χ0n) is 10.6. The molecule has 2 rings (SSSR count). The van der Waals surface area contributed by atoms with Crippen molar-refractivity contribution in [2.45, 2.75) is 5.16 Å². The lowest BCUT2D eigenvalue weighted by atomic mass is 10.1. The van der Waals surface area contributed by atoms with E-state index in [2.05, 4.69) is 9.97 Å². The van der Waals surface area contributed by atoms with E-state index in [0.717, 1.165) is 5.56 Å². The summed E-state index contributed by atoms with van der Waals surface area (Å²) in [6.45, 7) is 0. The minimum absolute atomic E-state index is 0.195. The molecule has 0 atom stereocenters. The molecule has 5 nitrogen and oxygen atoms in total. The lowest BCUT2D eigenvalue weighted by molar-refractivity contribution is 0.0994. The molecule has 0 saturated heterocycles. The van der Waals surface area contributed by atoms with Crippen molar-refractivity contribution in [3.63, 3.8) is 0 Å². The zero-order chi connectivity index (χ0) is 13.8. The number of hydrogen-bond donors (Lipinski definition) is 1. The van der Waals surface area contributed by atoms with E-state index in [4.69, 9.17) is 10.5 Å². The minimum atomic E-state index is -0.575. The fourth-order valence-electron chi connectivity index (χ4n) is 1.64. The van der Waals surface area contributed by atoms with Gasteiger partial charge in [-0.15, -0.1) is 0 Å². The first kappa shape index (κ1) is 13.4. The zero-order valence-corrected chi connectivity index (χ0v) is 11.4. The van der Waals surface area contributed by atoms with Crippen molar-refractivity contribution >= 4 is 17.7 Å². The fraction of sp³-hybridized carbons (Fsp3) is 0.154. The molecule has 0 saturated carbocycles. The lowest BCUT2D eigenvalue weighted by Crippen LogP contribution is -2.14. The molecule has 0 aliphatic heterocycles. The number of thioether (sulfide) groups is 1. The Morgan fingerprint density at radius 3 is 2.68 bits per heavy atom. The SMILES string of the molecule is COc1ccccc1-c1cc(C(N)=O)nc(SC)n1. The molecule has 0 fully saturated rings. The van der Waals surface area contributed by atoms with Crippen LogP contribution in [0.1, 0.15) is 10.5 Å². The topological polar surface area (TPSA) is 78.1 Å². The number of carbonyl (C=O) groups is 1. The van der Waals surface area contributed by atoms with Crippen molar-refractivity contribution in [2.75, 3.05) is 13.4 Å². The first-order valence-corrected chi connectivity index (χ1v) is 6.74. The highest BCUT2D eigenvalue weighted by Gasteiger charge is 2.12. The number of amides is 1. The van der Waals surface area contributed by atoms with Gasteiger partial charge in [0.2, 0.25) is 0 Å². The molecule has 1 aromatic heterocycles. The minimum Gasteiger partial charge on any atom is -0.496 e. The first-order chi connectivity index (χ1) is 9.15. The highest BCUT2D eigenvalue weighted by atomic mass is 32.2. The predicted octanol–water partition coefficient (Wildman–Crippen LogP) is 1.97. The second-order valence-corrected chi connectivity index (χ2v) is 4.46. The summed E-state index contributed by atoms with van der Waals surface area (Å²) in [7, 11) is 1.59. The summed E-state index contributed by atoms with van der Waals surface area (Å²) in [6, 6.07) is 9.02. The van der Waals surface area contributed by atoms with Gasteiger partial charge in [0.15, 0.2) is 5.16 Å². The van der Waals surface area contributed by atoms with Gasteiger partial charge < -0.3 is 10.5 Å². The molecule has 98 valence electrons. The van der Waals surface area contributed by atoms with Gasteiger partial charge in [-0.3, -0.25) is 4.79 Å². The predicted molar refractivity (Wildman–Crippen MR) is 74.3 cm³/mol. The first-order valence-electron chi connectivity index (χ1n) is 5.52. The Labute approximate surface area is 115 Å². The van der Waals surface area contributed by atoms with Gasteiger partial charge in [-0.1, -0.05) is 23.9 Å². The Balaban J connectivity index is 2.61. The van der Waals surface area contributed by atoms with Crippen molar-refractivity contribution in [1.82, 2.24) is 9.97 Å². The van der Waals surface area contributed by atoms with E-state index in [1.807, 2.05) is 30.5 Å². The van der Waals surface area contributed by atoms with Crippen molar-refractivity contribution in [2.24, 2.45) is 5.73 Å². The second-order valence-electron chi connectivity index (χ2n) is 3.69. The summed E-state index contributed by atoms with van der Waals surface area (Å²) in [5.41, 5.74) is 6.89. The summed E-state index contributed by atoms with van der Waals surface area (Å²) in [5.74, 6) is 0.109. The number of primary amides is 1. The van der Waals surface area contributed by atoms with Crippen LogP contribution in [-0.4, -0.2) is 29.2 Å². The normalized spacial score (nSPS) is 10.2. The van der Waals surface area contributed by atoms with Crippen LogP contribution in [0.2, 0.25) is 0 Å². The number of methoxy groups -OCH3 is 1. The molecule has 19 heavy (non-hydrogen) atoms. The number of nitrogens with zero attached hydrogens (tertiary/aromatic N) is 2. The van der Waals surface area contributed by atoms with Crippen LogP contribution in [0.25, 0.3) is 11.3 Å². The van der Waals surface area contributed by atoms with Gasteiger partial charge in [0.05, 0.1) is 12.8 Å². The van der Waals surface area contributed by atoms with Crippen LogP contribution in [-0.2, 0) is 0 Å². The van der Waals surface area contributed by atoms with Gasteiger partial charge >= 0.3 is 0 Å². The number of nitrogens with two attached hydrogens (primary N) is 1. The van der Waals surface area contributed by atoms with Crippen LogP contribution >= 0.6 is 11.8 Å². The molecule has 0 bridgehead atoms. The molecular formula is C13H13N3O2S. The number of carbonyl (C=O) groups excluding carboxylic acids is 1. The Hall–Kier alpha value is -2.08. The Kier molecular flexibility index (Phi) is 4.01. The van der Waals surface area contributed by atoms with Crippen molar-refractivity contribution in [1.29, 1.82) is 0 Å². The van der Waals surface area contributed by atoms with Gasteiger partial charge in [0.25, 0.3) is 5.91 Å². The molecule has 0 radical (unpaired) electrons. The van der Waals surface area contributed by atoms with Gasteiger partial charge in [-0.2, -0.15) is 0 Å². The van der Waals surface area contributed by atoms with Crippen LogP contribution in [0.4, 0.5) is 0 Å². The van der Waals surface area contributed by atoms with E-state index in [0.29, 0.717) is 16.6 Å². The average molecular weight is 275 g/mol. The van der Waals surface area contributed by atoms with E-state index in [1.54, 1.807) is 13.2 Å². The molecular weight excluding hydrogens is 262 g/mol. The van der Waals surface area contributed by atoms with Crippen LogP contribution < -0.4 is 10.5 Å². The summed E-state index contributed by atoms with van der Waals surface area (Å²) in [5, 5.41) is 0.497. The smallest absolute Gasteiger partial charge is 0.267 e. The fourth-order valence-corrected chi connectivity index (χ4v) is 2.02. The summed E-state index contributed by atoms with van der Waals surface area (Å²) >= 11 is 1.35. The van der Waals surface area contributed by atoms with Crippen LogP contribution in [0, 0.1) is 0 Å². The average Bonchev–Trinajstić information content (AvgIpc) is 2.46. The molecule has 1 heterocycles. The number of ether oxygens (including phenoxy) is 1. The van der Waals surface area contributed by atoms with E-state index in [1.165, 1.54) is 11.8 Å². The third kappa shape index (κ3) is 2.85. The monoisotopic (exact) mass is 275 g/mol. The Bertz CT molecular complexity index is 617. The molecule has 0 unspecified atom stereocenters. The summed E-state index contributed by atoms with van der Waals surface area (Å²) in [6.07, 6.45) is 1.84. The van der Waals surface area contributed by atoms with Crippen LogP contribution in [0.3, 0.4) is 0 Å². The quantitative estimate of drug-likeness (QED) is 0.682. The van der Waals surface area contributed by atoms with Crippen molar-refractivity contribution in [3.8, 4) is 17.0 Å². The number of benzene rings is 1. The van der Waals surface area contributed by atoms with Gasteiger partial charge in [0.1, 0.15) is 11.4 Å². The molecule has 0 aliphatic rings. The third-order valence-corrected chi connectivity index (χ3v) is 3.07. The Morgan fingerprint density at radius 2 is 2.05 bits per heavy atom. The number of rotatable bonds is 4. The van der Waals surface area contributed by atoms with E-state index in [-0.39, 0.29) is 5.69 Å². The molecule has 1 aromatic carbocycles.